The van der Waals surface area contributed by atoms with Gasteiger partial charge in [0.2, 0.25) is 5.95 Å². The molecule has 0 amide bonds. The van der Waals surface area contributed by atoms with Crippen molar-refractivity contribution in [3.8, 4) is 5.95 Å². The standard InChI is InChI=1S/C9H9ClN4/c1-7-8(5-10)6-14(13-7)9-11-3-2-4-12-9/h2-4,6H,5H2,1H3. The van der Waals surface area contributed by atoms with Crippen molar-refractivity contribution in [2.75, 3.05) is 0 Å². The van der Waals surface area contributed by atoms with E-state index >= 15 is 0 Å². The lowest BCUT2D eigenvalue weighted by atomic mass is 10.3. The Hall–Kier alpha value is -1.42. The Morgan fingerprint density at radius 1 is 1.36 bits per heavy atom. The third kappa shape index (κ3) is 1.61. The average molecular weight is 209 g/mol. The Morgan fingerprint density at radius 3 is 2.64 bits per heavy atom. The Balaban J connectivity index is 2.43. The van der Waals surface area contributed by atoms with Crippen molar-refractivity contribution in [2.24, 2.45) is 0 Å². The molecule has 14 heavy (non-hydrogen) atoms. The molecule has 0 radical (unpaired) electrons. The summed E-state index contributed by atoms with van der Waals surface area (Å²) in [4.78, 5) is 8.17. The topological polar surface area (TPSA) is 43.6 Å². The molecule has 2 aromatic rings. The van der Waals surface area contributed by atoms with Crippen molar-refractivity contribution in [1.82, 2.24) is 19.7 Å². The summed E-state index contributed by atoms with van der Waals surface area (Å²) in [6, 6.07) is 1.77. The first-order valence-electron chi connectivity index (χ1n) is 4.20. The van der Waals surface area contributed by atoms with Crippen LogP contribution < -0.4 is 0 Å². The minimum Gasteiger partial charge on any atom is -0.220 e. The van der Waals surface area contributed by atoms with E-state index in [2.05, 4.69) is 15.1 Å². The zero-order valence-electron chi connectivity index (χ0n) is 7.68. The van der Waals surface area contributed by atoms with Gasteiger partial charge in [0, 0.05) is 24.2 Å². The molecule has 0 saturated heterocycles. The average Bonchev–Trinajstić information content (AvgIpc) is 2.61. The molecular weight excluding hydrogens is 200 g/mol. The molecule has 0 atom stereocenters. The van der Waals surface area contributed by atoms with Gasteiger partial charge >= 0.3 is 0 Å². The van der Waals surface area contributed by atoms with Crippen molar-refractivity contribution in [3.05, 3.63) is 35.9 Å². The first kappa shape index (κ1) is 9.15. The van der Waals surface area contributed by atoms with Gasteiger partial charge < -0.3 is 0 Å². The second-order valence-electron chi connectivity index (χ2n) is 2.87. The second-order valence-corrected chi connectivity index (χ2v) is 3.13. The number of alkyl halides is 1. The smallest absolute Gasteiger partial charge is 0.220 e. The monoisotopic (exact) mass is 208 g/mol. The SMILES string of the molecule is Cc1nn(-c2ncccn2)cc1CCl. The maximum absolute atomic E-state index is 5.74. The van der Waals surface area contributed by atoms with Crippen LogP contribution in [-0.4, -0.2) is 19.7 Å². The largest absolute Gasteiger partial charge is 0.250 e. The van der Waals surface area contributed by atoms with Gasteiger partial charge in [0.1, 0.15) is 0 Å². The van der Waals surface area contributed by atoms with Crippen LogP contribution in [0.15, 0.2) is 24.7 Å². The van der Waals surface area contributed by atoms with Crippen LogP contribution in [-0.2, 0) is 5.88 Å². The highest BCUT2D eigenvalue weighted by Gasteiger charge is 2.05. The number of aryl methyl sites for hydroxylation is 1. The van der Waals surface area contributed by atoms with Crippen LogP contribution in [0.1, 0.15) is 11.3 Å². The highest BCUT2D eigenvalue weighted by atomic mass is 35.5. The van der Waals surface area contributed by atoms with E-state index < -0.39 is 0 Å². The lowest BCUT2D eigenvalue weighted by Crippen LogP contribution is -2.00. The molecular formula is C9H9ClN4. The summed E-state index contributed by atoms with van der Waals surface area (Å²) in [5.41, 5.74) is 1.91. The Morgan fingerprint density at radius 2 is 2.07 bits per heavy atom. The van der Waals surface area contributed by atoms with Crippen LogP contribution in [0.3, 0.4) is 0 Å². The molecule has 0 aromatic carbocycles. The third-order valence-corrected chi connectivity index (χ3v) is 2.19. The van der Waals surface area contributed by atoms with E-state index in [1.807, 2.05) is 13.1 Å². The number of hydrogen-bond donors (Lipinski definition) is 0. The Labute approximate surface area is 86.6 Å². The van der Waals surface area contributed by atoms with E-state index in [0.29, 0.717) is 11.8 Å². The van der Waals surface area contributed by atoms with Gasteiger partial charge in [-0.1, -0.05) is 0 Å². The molecule has 0 aliphatic carbocycles. The predicted octanol–water partition coefficient (Wildman–Crippen LogP) is 1.71. The number of halogens is 1. The third-order valence-electron chi connectivity index (χ3n) is 1.90. The van der Waals surface area contributed by atoms with Gasteiger partial charge in [0.25, 0.3) is 0 Å². The molecule has 0 unspecified atom stereocenters. The van der Waals surface area contributed by atoms with Crippen molar-refractivity contribution in [2.45, 2.75) is 12.8 Å². The van der Waals surface area contributed by atoms with Gasteiger partial charge in [-0.05, 0) is 13.0 Å². The van der Waals surface area contributed by atoms with E-state index in [0.717, 1.165) is 11.3 Å². The predicted molar refractivity (Wildman–Crippen MR) is 53.4 cm³/mol. The molecule has 0 aliphatic rings. The van der Waals surface area contributed by atoms with Gasteiger partial charge in [-0.2, -0.15) is 5.10 Å². The van der Waals surface area contributed by atoms with Gasteiger partial charge in [-0.15, -0.1) is 11.6 Å². The first-order valence-corrected chi connectivity index (χ1v) is 4.73. The maximum atomic E-state index is 5.74. The van der Waals surface area contributed by atoms with Gasteiger partial charge in [0.15, 0.2) is 0 Å². The number of aromatic nitrogens is 4. The number of nitrogens with zero attached hydrogens (tertiary/aromatic N) is 4. The quantitative estimate of drug-likeness (QED) is 0.706. The second kappa shape index (κ2) is 3.75. The van der Waals surface area contributed by atoms with Crippen molar-refractivity contribution in [3.63, 3.8) is 0 Å². The first-order chi connectivity index (χ1) is 6.81. The molecule has 0 saturated carbocycles. The molecule has 4 nitrogen and oxygen atoms in total. The van der Waals surface area contributed by atoms with Crippen LogP contribution in [0.2, 0.25) is 0 Å². The van der Waals surface area contributed by atoms with Crippen LogP contribution in [0.4, 0.5) is 0 Å². The van der Waals surface area contributed by atoms with Crippen LogP contribution in [0.25, 0.3) is 5.95 Å². The summed E-state index contributed by atoms with van der Waals surface area (Å²) in [5, 5.41) is 4.26. The van der Waals surface area contributed by atoms with E-state index in [9.17, 15) is 0 Å². The molecule has 0 aliphatic heterocycles. The summed E-state index contributed by atoms with van der Waals surface area (Å²) < 4.78 is 1.63. The fourth-order valence-electron chi connectivity index (χ4n) is 1.14. The molecule has 2 rings (SSSR count). The molecule has 0 spiro atoms. The fourth-order valence-corrected chi connectivity index (χ4v) is 1.40. The van der Waals surface area contributed by atoms with Crippen LogP contribution in [0.5, 0.6) is 0 Å². The van der Waals surface area contributed by atoms with E-state index in [-0.39, 0.29) is 0 Å². The summed E-state index contributed by atoms with van der Waals surface area (Å²) >= 11 is 5.74. The minimum atomic E-state index is 0.457. The van der Waals surface area contributed by atoms with Crippen molar-refractivity contribution >= 4 is 11.6 Å². The van der Waals surface area contributed by atoms with Crippen molar-refractivity contribution < 1.29 is 0 Å². The number of hydrogen-bond acceptors (Lipinski definition) is 3. The van der Waals surface area contributed by atoms with Gasteiger partial charge in [-0.3, -0.25) is 0 Å². The van der Waals surface area contributed by atoms with E-state index in [1.165, 1.54) is 0 Å². The Kier molecular flexibility index (Phi) is 2.45. The highest BCUT2D eigenvalue weighted by molar-refractivity contribution is 6.17. The summed E-state index contributed by atoms with van der Waals surface area (Å²) in [5.74, 6) is 1.02. The maximum Gasteiger partial charge on any atom is 0.250 e. The molecule has 2 aromatic heterocycles. The molecule has 2 heterocycles. The lowest BCUT2D eigenvalue weighted by molar-refractivity contribution is 0.797. The van der Waals surface area contributed by atoms with E-state index in [4.69, 9.17) is 11.6 Å². The lowest BCUT2D eigenvalue weighted by Gasteiger charge is -1.95. The zero-order chi connectivity index (χ0) is 9.97. The number of rotatable bonds is 2. The normalized spacial score (nSPS) is 10.4. The summed E-state index contributed by atoms with van der Waals surface area (Å²) in [6.07, 6.45) is 5.21. The van der Waals surface area contributed by atoms with Gasteiger partial charge in [0.05, 0.1) is 11.6 Å². The fraction of sp³-hybridized carbons (Fsp3) is 0.222. The molecule has 72 valence electrons. The summed E-state index contributed by atoms with van der Waals surface area (Å²) in [7, 11) is 0. The molecule has 0 fully saturated rings. The van der Waals surface area contributed by atoms with Gasteiger partial charge in [-0.25, -0.2) is 14.6 Å². The highest BCUT2D eigenvalue weighted by Crippen LogP contribution is 2.10. The summed E-state index contributed by atoms with van der Waals surface area (Å²) in [6.45, 7) is 1.91. The zero-order valence-corrected chi connectivity index (χ0v) is 8.44. The van der Waals surface area contributed by atoms with E-state index in [1.54, 1.807) is 23.1 Å². The minimum absolute atomic E-state index is 0.457. The molecule has 5 heteroatoms. The molecule has 0 bridgehead atoms. The molecule has 0 N–H and O–H groups in total. The van der Waals surface area contributed by atoms with Crippen molar-refractivity contribution in [1.29, 1.82) is 0 Å². The Bertz CT molecular complexity index is 424. The van der Waals surface area contributed by atoms with Crippen LogP contribution >= 0.6 is 11.6 Å². The van der Waals surface area contributed by atoms with Crippen LogP contribution in [0, 0.1) is 6.92 Å².